The van der Waals surface area contributed by atoms with Crippen LogP contribution < -0.4 is 10.6 Å². The van der Waals surface area contributed by atoms with Gasteiger partial charge in [-0.25, -0.2) is 18.7 Å². The highest BCUT2D eigenvalue weighted by Crippen LogP contribution is 2.42. The number of anilines is 1. The monoisotopic (exact) mass is 617 g/mol. The fourth-order valence-electron chi connectivity index (χ4n) is 4.75. The largest absolute Gasteiger partial charge is 0.416 e. The predicted molar refractivity (Wildman–Crippen MR) is 144 cm³/mol. The second kappa shape index (κ2) is 10.1. The van der Waals surface area contributed by atoms with Crippen molar-refractivity contribution in [3.05, 3.63) is 117 Å². The maximum Gasteiger partial charge on any atom is 0.416 e. The van der Waals surface area contributed by atoms with Crippen molar-refractivity contribution in [1.29, 1.82) is 0 Å². The second-order valence-corrected chi connectivity index (χ2v) is 10.1. The summed E-state index contributed by atoms with van der Waals surface area (Å²) in [4.78, 5) is 34.7. The number of rotatable bonds is 4. The maximum atomic E-state index is 14.2. The fraction of sp³-hybridized carbons (Fsp3) is 0.0714. The van der Waals surface area contributed by atoms with Gasteiger partial charge in [0.05, 0.1) is 17.8 Å². The van der Waals surface area contributed by atoms with Gasteiger partial charge < -0.3 is 10.6 Å². The third-order valence-corrected chi connectivity index (χ3v) is 7.27. The van der Waals surface area contributed by atoms with Gasteiger partial charge in [0.2, 0.25) is 5.78 Å². The lowest BCUT2D eigenvalue weighted by Crippen LogP contribution is -2.21. The van der Waals surface area contributed by atoms with Gasteiger partial charge in [-0.2, -0.15) is 13.2 Å². The number of halogens is 7. The van der Waals surface area contributed by atoms with E-state index in [9.17, 15) is 31.5 Å². The van der Waals surface area contributed by atoms with Gasteiger partial charge in [0, 0.05) is 50.9 Å². The maximum absolute atomic E-state index is 14.2. The van der Waals surface area contributed by atoms with E-state index < -0.39 is 46.8 Å². The van der Waals surface area contributed by atoms with Gasteiger partial charge in [0.15, 0.2) is 0 Å². The summed E-state index contributed by atoms with van der Waals surface area (Å²) in [6.07, 6.45) is -0.492. The Balaban J connectivity index is 1.52. The van der Waals surface area contributed by atoms with Crippen LogP contribution in [0.5, 0.6) is 0 Å². The van der Waals surface area contributed by atoms with Crippen LogP contribution in [-0.2, 0) is 6.18 Å². The average molecular weight is 618 g/mol. The van der Waals surface area contributed by atoms with E-state index >= 15 is 0 Å². The first-order valence-corrected chi connectivity index (χ1v) is 12.8. The van der Waals surface area contributed by atoms with E-state index in [0.29, 0.717) is 29.0 Å². The summed E-state index contributed by atoms with van der Waals surface area (Å²) in [5.41, 5.74) is -0.787. The molecule has 0 spiro atoms. The zero-order chi connectivity index (χ0) is 29.9. The van der Waals surface area contributed by atoms with Gasteiger partial charge in [-0.05, 0) is 54.1 Å². The van der Waals surface area contributed by atoms with Crippen LogP contribution in [0.4, 0.5) is 27.6 Å². The number of benzene rings is 3. The smallest absolute Gasteiger partial charge is 0.341 e. The number of carbonyl (C=O) groups excluding carboxylic acids is 2. The Morgan fingerprint density at radius 2 is 1.71 bits per heavy atom. The predicted octanol–water partition coefficient (Wildman–Crippen LogP) is 7.09. The van der Waals surface area contributed by atoms with Crippen LogP contribution in [0.1, 0.15) is 43.4 Å². The molecule has 3 aromatic carbocycles. The zero-order valence-corrected chi connectivity index (χ0v) is 22.2. The molecule has 2 N–H and O–H groups in total. The van der Waals surface area contributed by atoms with Crippen molar-refractivity contribution in [1.82, 2.24) is 19.7 Å². The van der Waals surface area contributed by atoms with E-state index in [1.807, 2.05) is 0 Å². The molecule has 2 aromatic heterocycles. The van der Waals surface area contributed by atoms with Crippen LogP contribution >= 0.6 is 23.2 Å². The molecule has 0 aliphatic carbocycles. The van der Waals surface area contributed by atoms with E-state index in [4.69, 9.17) is 23.2 Å². The van der Waals surface area contributed by atoms with E-state index in [1.54, 1.807) is 6.20 Å². The lowest BCUT2D eigenvalue weighted by Gasteiger charge is -2.19. The number of nitrogens with zero attached hydrogens (tertiary/aromatic N) is 3. The quantitative estimate of drug-likeness (QED) is 0.211. The molecule has 0 radical (unpaired) electrons. The van der Waals surface area contributed by atoms with Crippen molar-refractivity contribution >= 4 is 46.5 Å². The third-order valence-electron chi connectivity index (χ3n) is 6.65. The summed E-state index contributed by atoms with van der Waals surface area (Å²) >= 11 is 12.5. The summed E-state index contributed by atoms with van der Waals surface area (Å²) in [6, 6.07) is 6.88. The van der Waals surface area contributed by atoms with Crippen molar-refractivity contribution in [3.63, 3.8) is 0 Å². The number of alkyl halides is 3. The van der Waals surface area contributed by atoms with Gasteiger partial charge in [-0.15, -0.1) is 0 Å². The van der Waals surface area contributed by atoms with E-state index in [0.717, 1.165) is 12.1 Å². The molecule has 14 heteroatoms. The summed E-state index contributed by atoms with van der Waals surface area (Å²) < 4.78 is 69.7. The van der Waals surface area contributed by atoms with Crippen molar-refractivity contribution in [2.75, 3.05) is 5.32 Å². The third kappa shape index (κ3) is 4.92. The van der Waals surface area contributed by atoms with Crippen molar-refractivity contribution in [2.45, 2.75) is 12.2 Å². The van der Waals surface area contributed by atoms with Crippen LogP contribution in [0.3, 0.4) is 0 Å². The molecule has 42 heavy (non-hydrogen) atoms. The van der Waals surface area contributed by atoms with Gasteiger partial charge in [-0.3, -0.25) is 14.0 Å². The van der Waals surface area contributed by atoms with E-state index in [-0.39, 0.29) is 38.6 Å². The Kier molecular flexibility index (Phi) is 6.62. The molecule has 2 amide bonds. The normalized spacial score (nSPS) is 14.6. The minimum Gasteiger partial charge on any atom is -0.341 e. The Labute approximate surface area is 242 Å². The summed E-state index contributed by atoms with van der Waals surface area (Å²) in [5.74, 6) is -3.30. The van der Waals surface area contributed by atoms with Crippen LogP contribution in [0.15, 0.2) is 67.1 Å². The Hall–Kier alpha value is -4.55. The number of imidazole rings is 1. The zero-order valence-electron chi connectivity index (χ0n) is 20.7. The highest BCUT2D eigenvalue weighted by molar-refractivity contribution is 6.31. The van der Waals surface area contributed by atoms with Crippen LogP contribution in [0, 0.1) is 11.6 Å². The molecular formula is C28H14Cl2F5N5O2. The molecular weight excluding hydrogens is 604 g/mol. The summed E-state index contributed by atoms with van der Waals surface area (Å²) in [7, 11) is 0. The molecule has 5 aromatic rings. The van der Waals surface area contributed by atoms with Crippen molar-refractivity contribution in [2.24, 2.45) is 0 Å². The molecule has 7 nitrogen and oxygen atoms in total. The average Bonchev–Trinajstić information content (AvgIpc) is 3.48. The molecule has 1 aliphatic heterocycles. The second-order valence-electron chi connectivity index (χ2n) is 9.33. The lowest BCUT2D eigenvalue weighted by molar-refractivity contribution is -0.137. The number of amides is 2. The molecule has 0 saturated carbocycles. The van der Waals surface area contributed by atoms with Gasteiger partial charge in [0.25, 0.3) is 11.8 Å². The van der Waals surface area contributed by atoms with Gasteiger partial charge in [-0.1, -0.05) is 23.2 Å². The number of hydrogen-bond donors (Lipinski definition) is 2. The number of hydrogen-bond acceptors (Lipinski definition) is 4. The molecule has 0 bridgehead atoms. The molecule has 212 valence electrons. The standard InChI is InChI=1S/C28H14Cl2F5N5O2/c29-20-2-1-16(31)8-18(20)24-23-19(26(42)39-24)5-12(14-9-36-27-37-10-22(30)40(27)11-14)6-21(23)38-25(41)13-3-15(28(33,34)35)7-17(32)4-13/h1-11,24H,(H,38,41)(H,39,42)/t24-/m1/s1. The first-order valence-electron chi connectivity index (χ1n) is 12.0. The Bertz CT molecular complexity index is 1940. The highest BCUT2D eigenvalue weighted by Gasteiger charge is 2.36. The minimum absolute atomic E-state index is 0.0224. The molecule has 1 atom stereocenters. The van der Waals surface area contributed by atoms with Gasteiger partial charge in [0.1, 0.15) is 16.8 Å². The minimum atomic E-state index is -4.91. The SMILES string of the molecule is O=C(Nc1cc(-c2cnc3ncc(Cl)n3c2)cc2c1[C@@H](c1cc(F)ccc1Cl)NC2=O)c1cc(F)cc(C(F)(F)F)c1. The molecule has 6 rings (SSSR count). The van der Waals surface area contributed by atoms with Crippen LogP contribution in [0.25, 0.3) is 16.9 Å². The van der Waals surface area contributed by atoms with E-state index in [2.05, 4.69) is 20.6 Å². The number of nitrogens with one attached hydrogen (secondary N) is 2. The Morgan fingerprint density at radius 1 is 0.952 bits per heavy atom. The summed E-state index contributed by atoms with van der Waals surface area (Å²) in [5, 5.41) is 5.57. The van der Waals surface area contributed by atoms with Crippen LogP contribution in [0.2, 0.25) is 10.2 Å². The van der Waals surface area contributed by atoms with Crippen LogP contribution in [-0.4, -0.2) is 26.2 Å². The molecule has 3 heterocycles. The number of fused-ring (bicyclic) bond motifs is 2. The number of aromatic nitrogens is 3. The molecule has 0 fully saturated rings. The topological polar surface area (TPSA) is 88.4 Å². The molecule has 1 aliphatic rings. The number of carbonyl (C=O) groups is 2. The molecule has 0 unspecified atom stereocenters. The fourth-order valence-corrected chi connectivity index (χ4v) is 5.15. The summed E-state index contributed by atoms with van der Waals surface area (Å²) in [6.45, 7) is 0. The first kappa shape index (κ1) is 27.6. The first-order chi connectivity index (χ1) is 19.9. The lowest BCUT2D eigenvalue weighted by atomic mass is 9.93. The van der Waals surface area contributed by atoms with Gasteiger partial charge >= 0.3 is 6.18 Å². The Morgan fingerprint density at radius 3 is 2.48 bits per heavy atom. The molecule has 0 saturated heterocycles. The van der Waals surface area contributed by atoms with Crippen molar-refractivity contribution in [3.8, 4) is 11.1 Å². The highest BCUT2D eigenvalue weighted by atomic mass is 35.5. The van der Waals surface area contributed by atoms with E-state index in [1.165, 1.54) is 35.0 Å². The van der Waals surface area contributed by atoms with Crippen molar-refractivity contribution < 1.29 is 31.5 Å².